The monoisotopic (exact) mass is 324 g/mol. The summed E-state index contributed by atoms with van der Waals surface area (Å²) in [5.74, 6) is 0.112. The van der Waals surface area contributed by atoms with E-state index in [2.05, 4.69) is 0 Å². The predicted molar refractivity (Wildman–Crippen MR) is 87.3 cm³/mol. The first kappa shape index (κ1) is 15.4. The van der Waals surface area contributed by atoms with Crippen molar-refractivity contribution in [2.45, 2.75) is 24.0 Å². The molecule has 0 aliphatic heterocycles. The number of aryl methyl sites for hydroxylation is 1. The maximum atomic E-state index is 12.3. The Kier molecular flexibility index (Phi) is 5.14. The Labute approximate surface area is 133 Å². The van der Waals surface area contributed by atoms with E-state index in [1.807, 2.05) is 44.2 Å². The van der Waals surface area contributed by atoms with E-state index < -0.39 is 0 Å². The first-order valence-corrected chi connectivity index (χ1v) is 7.83. The number of ketones is 1. The molecule has 0 amide bonds. The minimum absolute atomic E-state index is 0.112. The van der Waals surface area contributed by atoms with Gasteiger partial charge in [-0.25, -0.2) is 0 Å². The van der Waals surface area contributed by atoms with Crippen LogP contribution in [0.1, 0.15) is 22.8 Å². The van der Waals surface area contributed by atoms with E-state index in [1.165, 1.54) is 11.8 Å². The molecule has 0 bridgehead atoms. The Morgan fingerprint density at radius 1 is 1.05 bits per heavy atom. The number of Topliss-reactive ketones (excluding diaryl/α,β-unsaturated/α-hetero) is 1. The number of rotatable bonds is 4. The number of hydrogen-bond acceptors (Lipinski definition) is 2. The second kappa shape index (κ2) is 6.66. The van der Waals surface area contributed by atoms with E-state index in [9.17, 15) is 4.79 Å². The largest absolute Gasteiger partial charge is 0.293 e. The van der Waals surface area contributed by atoms with Crippen molar-refractivity contribution in [3.63, 3.8) is 0 Å². The van der Waals surface area contributed by atoms with Gasteiger partial charge in [0.15, 0.2) is 5.78 Å². The molecule has 0 saturated heterocycles. The summed E-state index contributed by atoms with van der Waals surface area (Å²) in [6, 6.07) is 13.0. The van der Waals surface area contributed by atoms with Gasteiger partial charge >= 0.3 is 0 Å². The Balaban J connectivity index is 2.11. The van der Waals surface area contributed by atoms with E-state index in [0.717, 1.165) is 16.0 Å². The molecule has 0 aliphatic rings. The molecule has 0 N–H and O–H groups in total. The standard InChI is InChI=1S/C16H14Cl2OS/c1-10-3-5-12(6-4-10)16(19)11(2)20-13-7-8-14(17)15(18)9-13/h3-9,11H,1-2H3. The number of thioether (sulfide) groups is 1. The summed E-state index contributed by atoms with van der Waals surface area (Å²) < 4.78 is 0. The minimum atomic E-state index is -0.171. The molecule has 0 heterocycles. The van der Waals surface area contributed by atoms with Crippen LogP contribution < -0.4 is 0 Å². The van der Waals surface area contributed by atoms with E-state index in [4.69, 9.17) is 23.2 Å². The number of carbonyl (C=O) groups is 1. The molecule has 0 aromatic heterocycles. The molecule has 4 heteroatoms. The molecule has 1 atom stereocenters. The van der Waals surface area contributed by atoms with Gasteiger partial charge in [0, 0.05) is 10.5 Å². The highest BCUT2D eigenvalue weighted by Gasteiger charge is 2.16. The maximum absolute atomic E-state index is 12.3. The lowest BCUT2D eigenvalue weighted by Crippen LogP contribution is -2.13. The van der Waals surface area contributed by atoms with Gasteiger partial charge in [-0.15, -0.1) is 11.8 Å². The van der Waals surface area contributed by atoms with Crippen molar-refractivity contribution in [2.75, 3.05) is 0 Å². The first-order chi connectivity index (χ1) is 9.47. The maximum Gasteiger partial charge on any atom is 0.175 e. The fourth-order valence-corrected chi connectivity index (χ4v) is 3.11. The third-order valence-corrected chi connectivity index (χ3v) is 4.74. The molecular weight excluding hydrogens is 311 g/mol. The minimum Gasteiger partial charge on any atom is -0.293 e. The van der Waals surface area contributed by atoms with Crippen molar-refractivity contribution in [2.24, 2.45) is 0 Å². The highest BCUT2D eigenvalue weighted by Crippen LogP contribution is 2.31. The summed E-state index contributed by atoms with van der Waals surface area (Å²) in [7, 11) is 0. The molecular formula is C16H14Cl2OS. The quantitative estimate of drug-likeness (QED) is 0.532. The number of hydrogen-bond donors (Lipinski definition) is 0. The van der Waals surface area contributed by atoms with E-state index in [-0.39, 0.29) is 11.0 Å². The lowest BCUT2D eigenvalue weighted by Gasteiger charge is -2.11. The van der Waals surface area contributed by atoms with Crippen molar-refractivity contribution in [1.82, 2.24) is 0 Å². The lowest BCUT2D eigenvalue weighted by atomic mass is 10.1. The summed E-state index contributed by atoms with van der Waals surface area (Å²) in [5, 5.41) is 0.857. The molecule has 104 valence electrons. The smallest absolute Gasteiger partial charge is 0.175 e. The van der Waals surface area contributed by atoms with Crippen molar-refractivity contribution in [3.8, 4) is 0 Å². The topological polar surface area (TPSA) is 17.1 Å². The van der Waals surface area contributed by atoms with Gasteiger partial charge in [0.25, 0.3) is 0 Å². The third-order valence-electron chi connectivity index (χ3n) is 2.91. The van der Waals surface area contributed by atoms with Gasteiger partial charge < -0.3 is 0 Å². The van der Waals surface area contributed by atoms with Crippen molar-refractivity contribution >= 4 is 40.7 Å². The van der Waals surface area contributed by atoms with Crippen LogP contribution in [0.5, 0.6) is 0 Å². The van der Waals surface area contributed by atoms with Gasteiger partial charge in [0.2, 0.25) is 0 Å². The van der Waals surface area contributed by atoms with Crippen LogP contribution in [-0.4, -0.2) is 11.0 Å². The highest BCUT2D eigenvalue weighted by molar-refractivity contribution is 8.00. The van der Waals surface area contributed by atoms with Crippen LogP contribution in [0.3, 0.4) is 0 Å². The van der Waals surface area contributed by atoms with Crippen molar-refractivity contribution in [1.29, 1.82) is 0 Å². The lowest BCUT2D eigenvalue weighted by molar-refractivity contribution is 0.0994. The Bertz CT molecular complexity index is 623. The Morgan fingerprint density at radius 2 is 1.70 bits per heavy atom. The van der Waals surface area contributed by atoms with Gasteiger partial charge in [-0.1, -0.05) is 53.0 Å². The van der Waals surface area contributed by atoms with Crippen LogP contribution >= 0.6 is 35.0 Å². The zero-order chi connectivity index (χ0) is 14.7. The summed E-state index contributed by atoms with van der Waals surface area (Å²) in [6.07, 6.45) is 0. The molecule has 0 saturated carbocycles. The summed E-state index contributed by atoms with van der Waals surface area (Å²) in [6.45, 7) is 3.90. The Morgan fingerprint density at radius 3 is 2.30 bits per heavy atom. The second-order valence-electron chi connectivity index (χ2n) is 4.57. The molecule has 2 aromatic rings. The SMILES string of the molecule is Cc1ccc(C(=O)C(C)Sc2ccc(Cl)c(Cl)c2)cc1. The van der Waals surface area contributed by atoms with Gasteiger partial charge in [0.1, 0.15) is 0 Å². The van der Waals surface area contributed by atoms with Crippen LogP contribution in [0.2, 0.25) is 10.0 Å². The van der Waals surface area contributed by atoms with Gasteiger partial charge in [0.05, 0.1) is 15.3 Å². The van der Waals surface area contributed by atoms with E-state index in [1.54, 1.807) is 12.1 Å². The second-order valence-corrected chi connectivity index (χ2v) is 6.79. The normalized spacial score (nSPS) is 12.2. The summed E-state index contributed by atoms with van der Waals surface area (Å²) >= 11 is 13.3. The molecule has 0 spiro atoms. The van der Waals surface area contributed by atoms with Crippen LogP contribution in [0.4, 0.5) is 0 Å². The van der Waals surface area contributed by atoms with Gasteiger partial charge in [-0.2, -0.15) is 0 Å². The number of carbonyl (C=O) groups excluding carboxylic acids is 1. The van der Waals surface area contributed by atoms with Crippen LogP contribution in [0.15, 0.2) is 47.4 Å². The summed E-state index contributed by atoms with van der Waals surface area (Å²) in [4.78, 5) is 13.3. The third kappa shape index (κ3) is 3.78. The van der Waals surface area contributed by atoms with Crippen molar-refractivity contribution < 1.29 is 4.79 Å². The number of benzene rings is 2. The molecule has 20 heavy (non-hydrogen) atoms. The molecule has 2 rings (SSSR count). The zero-order valence-electron chi connectivity index (χ0n) is 11.2. The van der Waals surface area contributed by atoms with E-state index >= 15 is 0 Å². The molecule has 0 aliphatic carbocycles. The average molecular weight is 325 g/mol. The van der Waals surface area contributed by atoms with Crippen LogP contribution in [0, 0.1) is 6.92 Å². The summed E-state index contributed by atoms with van der Waals surface area (Å²) in [5.41, 5.74) is 1.88. The van der Waals surface area contributed by atoms with Gasteiger partial charge in [-0.05, 0) is 32.0 Å². The fourth-order valence-electron chi connectivity index (χ4n) is 1.76. The Hall–Kier alpha value is -0.960. The highest BCUT2D eigenvalue weighted by atomic mass is 35.5. The fraction of sp³-hybridized carbons (Fsp3) is 0.188. The molecule has 1 unspecified atom stereocenters. The first-order valence-electron chi connectivity index (χ1n) is 6.20. The predicted octanol–water partition coefficient (Wildman–Crippen LogP) is 5.67. The molecule has 1 nitrogen and oxygen atoms in total. The molecule has 2 aromatic carbocycles. The van der Waals surface area contributed by atoms with Crippen molar-refractivity contribution in [3.05, 3.63) is 63.6 Å². The average Bonchev–Trinajstić information content (AvgIpc) is 2.43. The molecule has 0 radical (unpaired) electrons. The van der Waals surface area contributed by atoms with E-state index in [0.29, 0.717) is 10.0 Å². The van der Waals surface area contributed by atoms with Crippen LogP contribution in [0.25, 0.3) is 0 Å². The number of halogens is 2. The van der Waals surface area contributed by atoms with Crippen LogP contribution in [-0.2, 0) is 0 Å². The molecule has 0 fully saturated rings. The zero-order valence-corrected chi connectivity index (χ0v) is 13.5. The van der Waals surface area contributed by atoms with Gasteiger partial charge in [-0.3, -0.25) is 4.79 Å².